The van der Waals surface area contributed by atoms with Crippen molar-refractivity contribution in [2.75, 3.05) is 16.3 Å². The van der Waals surface area contributed by atoms with E-state index in [1.165, 1.54) is 42.5 Å². The second-order valence-corrected chi connectivity index (χ2v) is 10.1. The Morgan fingerprint density at radius 2 is 1.65 bits per heavy atom. The number of aryl methyl sites for hydroxylation is 1. The Morgan fingerprint density at radius 1 is 0.903 bits per heavy atom. The first-order valence-electron chi connectivity index (χ1n) is 11.0. The maximum Gasteiger partial charge on any atom is 0.226 e. The SMILES string of the molecule is Cc1ccc2c(sc3ccccc32)c1N1c2oc3ccccc3c2N(CC(C)C)[C@@H]1C. The van der Waals surface area contributed by atoms with E-state index in [1.807, 2.05) is 11.3 Å². The average molecular weight is 427 g/mol. The van der Waals surface area contributed by atoms with Gasteiger partial charge < -0.3 is 9.32 Å². The minimum absolute atomic E-state index is 0.190. The number of rotatable bonds is 3. The summed E-state index contributed by atoms with van der Waals surface area (Å²) in [6.45, 7) is 10.1. The predicted octanol–water partition coefficient (Wildman–Crippen LogP) is 8.07. The number of anilines is 3. The number of nitrogens with zero attached hydrogens (tertiary/aromatic N) is 2. The summed E-state index contributed by atoms with van der Waals surface area (Å²) in [5, 5.41) is 3.86. The van der Waals surface area contributed by atoms with Crippen molar-refractivity contribution in [1.29, 1.82) is 0 Å². The van der Waals surface area contributed by atoms with Crippen LogP contribution in [0.25, 0.3) is 31.1 Å². The van der Waals surface area contributed by atoms with Gasteiger partial charge in [0.05, 0.1) is 10.4 Å². The van der Waals surface area contributed by atoms with Crippen molar-refractivity contribution >= 4 is 59.7 Å². The fraction of sp³-hybridized carbons (Fsp3) is 0.259. The van der Waals surface area contributed by atoms with Crippen LogP contribution in [-0.2, 0) is 0 Å². The summed E-state index contributed by atoms with van der Waals surface area (Å²) in [4.78, 5) is 4.96. The summed E-state index contributed by atoms with van der Waals surface area (Å²) in [5.41, 5.74) is 4.75. The van der Waals surface area contributed by atoms with E-state index < -0.39 is 0 Å². The second kappa shape index (κ2) is 6.76. The maximum atomic E-state index is 6.53. The minimum Gasteiger partial charge on any atom is -0.438 e. The van der Waals surface area contributed by atoms with Crippen molar-refractivity contribution < 1.29 is 4.42 Å². The molecular formula is C27H26N2OS. The van der Waals surface area contributed by atoms with Crippen LogP contribution in [0.2, 0.25) is 0 Å². The molecule has 0 saturated carbocycles. The van der Waals surface area contributed by atoms with Gasteiger partial charge in [0.15, 0.2) is 0 Å². The van der Waals surface area contributed by atoms with Crippen LogP contribution < -0.4 is 9.80 Å². The Kier molecular flexibility index (Phi) is 4.09. The van der Waals surface area contributed by atoms with E-state index in [-0.39, 0.29) is 6.17 Å². The smallest absolute Gasteiger partial charge is 0.226 e. The van der Waals surface area contributed by atoms with Gasteiger partial charge in [0.25, 0.3) is 0 Å². The molecule has 2 aromatic heterocycles. The van der Waals surface area contributed by atoms with Crippen LogP contribution in [0.4, 0.5) is 17.3 Å². The van der Waals surface area contributed by atoms with Gasteiger partial charge in [-0.05, 0) is 43.5 Å². The number of para-hydroxylation sites is 1. The van der Waals surface area contributed by atoms with E-state index in [1.54, 1.807) is 0 Å². The van der Waals surface area contributed by atoms with E-state index in [4.69, 9.17) is 4.42 Å². The zero-order valence-corrected chi connectivity index (χ0v) is 19.2. The molecule has 1 aliphatic heterocycles. The number of hydrogen-bond acceptors (Lipinski definition) is 4. The van der Waals surface area contributed by atoms with Crippen molar-refractivity contribution in [2.24, 2.45) is 5.92 Å². The van der Waals surface area contributed by atoms with Crippen molar-refractivity contribution in [3.05, 3.63) is 66.2 Å². The number of fused-ring (bicyclic) bond motifs is 6. The highest BCUT2D eigenvalue weighted by Crippen LogP contribution is 2.53. The number of thiophene rings is 1. The molecule has 0 bridgehead atoms. The molecule has 31 heavy (non-hydrogen) atoms. The fourth-order valence-corrected chi connectivity index (χ4v) is 6.35. The molecule has 3 heterocycles. The molecule has 1 atom stereocenters. The molecule has 0 unspecified atom stereocenters. The standard InChI is InChI=1S/C27H26N2OS/c1-16(2)15-28-18(4)29(27-25(28)21-10-5-7-11-22(21)30-27)24-17(3)13-14-20-19-9-6-8-12-23(19)31-26(20)24/h5-14,16,18H,15H2,1-4H3/t18-/m0/s1. The zero-order chi connectivity index (χ0) is 21.3. The van der Waals surface area contributed by atoms with E-state index in [0.29, 0.717) is 5.92 Å². The Morgan fingerprint density at radius 3 is 2.45 bits per heavy atom. The Labute approximate surface area is 186 Å². The van der Waals surface area contributed by atoms with Crippen LogP contribution in [0.1, 0.15) is 26.3 Å². The van der Waals surface area contributed by atoms with Crippen molar-refractivity contribution in [3.63, 3.8) is 0 Å². The predicted molar refractivity (Wildman–Crippen MR) is 134 cm³/mol. The molecule has 3 nitrogen and oxygen atoms in total. The normalized spacial score (nSPS) is 16.4. The molecule has 0 amide bonds. The summed E-state index contributed by atoms with van der Waals surface area (Å²) >= 11 is 1.89. The highest BCUT2D eigenvalue weighted by molar-refractivity contribution is 7.26. The summed E-state index contributed by atoms with van der Waals surface area (Å²) in [7, 11) is 0. The maximum absolute atomic E-state index is 6.53. The molecule has 0 aliphatic carbocycles. The van der Waals surface area contributed by atoms with Crippen molar-refractivity contribution in [2.45, 2.75) is 33.9 Å². The van der Waals surface area contributed by atoms with Gasteiger partial charge in [-0.15, -0.1) is 11.3 Å². The molecule has 0 saturated heterocycles. The Bertz CT molecular complexity index is 1440. The molecule has 0 spiro atoms. The highest BCUT2D eigenvalue weighted by atomic mass is 32.1. The molecule has 0 N–H and O–H groups in total. The molecule has 5 aromatic rings. The number of benzene rings is 3. The summed E-state index contributed by atoms with van der Waals surface area (Å²) in [6, 6.07) is 21.7. The third-order valence-corrected chi connectivity index (χ3v) is 7.60. The number of hydrogen-bond donors (Lipinski definition) is 0. The summed E-state index contributed by atoms with van der Waals surface area (Å²) < 4.78 is 9.20. The monoisotopic (exact) mass is 426 g/mol. The van der Waals surface area contributed by atoms with E-state index in [0.717, 1.165) is 18.0 Å². The van der Waals surface area contributed by atoms with Crippen LogP contribution in [0, 0.1) is 12.8 Å². The third kappa shape index (κ3) is 2.64. The van der Waals surface area contributed by atoms with Crippen molar-refractivity contribution in [3.8, 4) is 0 Å². The molecule has 1 aliphatic rings. The lowest BCUT2D eigenvalue weighted by molar-refractivity contribution is 0.557. The van der Waals surface area contributed by atoms with Crippen LogP contribution in [0.3, 0.4) is 0 Å². The molecule has 6 rings (SSSR count). The van der Waals surface area contributed by atoms with Crippen LogP contribution >= 0.6 is 11.3 Å². The lowest BCUT2D eigenvalue weighted by Gasteiger charge is -2.32. The van der Waals surface area contributed by atoms with Gasteiger partial charge in [0.1, 0.15) is 17.4 Å². The van der Waals surface area contributed by atoms with Gasteiger partial charge in [-0.25, -0.2) is 0 Å². The van der Waals surface area contributed by atoms with Crippen molar-refractivity contribution in [1.82, 2.24) is 0 Å². The second-order valence-electron chi connectivity index (χ2n) is 9.01. The molecule has 4 heteroatoms. The lowest BCUT2D eigenvalue weighted by atomic mass is 10.1. The average Bonchev–Trinajstić information content (AvgIpc) is 3.38. The fourth-order valence-electron chi connectivity index (χ4n) is 5.05. The molecule has 3 aromatic carbocycles. The van der Waals surface area contributed by atoms with E-state index >= 15 is 0 Å². The topological polar surface area (TPSA) is 19.6 Å². The Hall–Kier alpha value is -2.98. The highest BCUT2D eigenvalue weighted by Gasteiger charge is 2.40. The van der Waals surface area contributed by atoms with Gasteiger partial charge in [-0.3, -0.25) is 4.90 Å². The molecular weight excluding hydrogens is 400 g/mol. The minimum atomic E-state index is 0.190. The van der Waals surface area contributed by atoms with Gasteiger partial charge in [-0.2, -0.15) is 0 Å². The first-order chi connectivity index (χ1) is 15.0. The Balaban J connectivity index is 1.65. The molecule has 0 radical (unpaired) electrons. The van der Waals surface area contributed by atoms with Gasteiger partial charge in [0, 0.05) is 27.4 Å². The van der Waals surface area contributed by atoms with Crippen LogP contribution in [-0.4, -0.2) is 12.7 Å². The first kappa shape index (κ1) is 18.8. The van der Waals surface area contributed by atoms with Crippen LogP contribution in [0.15, 0.2) is 65.1 Å². The largest absolute Gasteiger partial charge is 0.438 e. The van der Waals surface area contributed by atoms with Crippen LogP contribution in [0.5, 0.6) is 0 Å². The zero-order valence-electron chi connectivity index (χ0n) is 18.3. The third-order valence-electron chi connectivity index (χ3n) is 6.41. The summed E-state index contributed by atoms with van der Waals surface area (Å²) in [5.74, 6) is 1.53. The van der Waals surface area contributed by atoms with Gasteiger partial charge in [-0.1, -0.05) is 56.3 Å². The first-order valence-corrected chi connectivity index (χ1v) is 11.8. The quantitative estimate of drug-likeness (QED) is 0.291. The molecule has 156 valence electrons. The number of furan rings is 1. The van der Waals surface area contributed by atoms with E-state index in [2.05, 4.69) is 98.2 Å². The van der Waals surface area contributed by atoms with Gasteiger partial charge >= 0.3 is 0 Å². The van der Waals surface area contributed by atoms with Gasteiger partial charge in [0.2, 0.25) is 5.88 Å². The molecule has 0 fully saturated rings. The lowest BCUT2D eigenvalue weighted by Crippen LogP contribution is -2.40. The van der Waals surface area contributed by atoms with E-state index in [9.17, 15) is 0 Å². The summed E-state index contributed by atoms with van der Waals surface area (Å²) in [6.07, 6.45) is 0.190.